The molecule has 0 N–H and O–H groups in total. The summed E-state index contributed by atoms with van der Waals surface area (Å²) in [5.41, 5.74) is 2.99. The van der Waals surface area contributed by atoms with Crippen molar-refractivity contribution < 1.29 is 8.78 Å². The number of rotatable bonds is 7. The summed E-state index contributed by atoms with van der Waals surface area (Å²) in [7, 11) is 0. The van der Waals surface area contributed by atoms with Crippen LogP contribution in [-0.2, 0) is 6.42 Å². The first kappa shape index (κ1) is 20.0. The lowest BCUT2D eigenvalue weighted by molar-refractivity contribution is 0.205. The molecule has 2 aromatic carbocycles. The molecule has 1 saturated carbocycles. The van der Waals surface area contributed by atoms with Crippen molar-refractivity contribution in [1.29, 1.82) is 0 Å². The van der Waals surface area contributed by atoms with Crippen molar-refractivity contribution in [2.45, 2.75) is 65.2 Å². The fourth-order valence-electron chi connectivity index (χ4n) is 4.59. The molecule has 1 aliphatic rings. The third-order valence-corrected chi connectivity index (χ3v) is 6.43. The molecule has 0 saturated heterocycles. The van der Waals surface area contributed by atoms with Crippen LogP contribution in [0.3, 0.4) is 0 Å². The van der Waals surface area contributed by atoms with Crippen LogP contribution < -0.4 is 0 Å². The molecule has 0 spiro atoms. The molecule has 1 aliphatic carbocycles. The van der Waals surface area contributed by atoms with Gasteiger partial charge in [-0.05, 0) is 65.8 Å². The first-order chi connectivity index (χ1) is 13.1. The van der Waals surface area contributed by atoms with Crippen LogP contribution in [0.15, 0.2) is 42.5 Å². The fourth-order valence-corrected chi connectivity index (χ4v) is 4.59. The third-order valence-electron chi connectivity index (χ3n) is 6.43. The maximum atomic E-state index is 13.4. The van der Waals surface area contributed by atoms with Crippen molar-refractivity contribution in [1.82, 2.24) is 0 Å². The predicted octanol–water partition coefficient (Wildman–Crippen LogP) is 7.81. The van der Waals surface area contributed by atoms with Gasteiger partial charge in [-0.3, -0.25) is 0 Å². The van der Waals surface area contributed by atoms with E-state index in [0.717, 1.165) is 29.4 Å². The first-order valence-corrected chi connectivity index (χ1v) is 10.6. The number of unbranched alkanes of at least 4 members (excludes halogenated alkanes) is 1. The Morgan fingerprint density at radius 2 is 1.56 bits per heavy atom. The van der Waals surface area contributed by atoms with E-state index in [0.29, 0.717) is 5.92 Å². The van der Waals surface area contributed by atoms with E-state index in [-0.39, 0.29) is 0 Å². The van der Waals surface area contributed by atoms with Crippen LogP contribution in [0.25, 0.3) is 11.1 Å². The van der Waals surface area contributed by atoms with E-state index in [4.69, 9.17) is 0 Å². The fraction of sp³-hybridized carbons (Fsp3) is 0.520. The predicted molar refractivity (Wildman–Crippen MR) is 110 cm³/mol. The van der Waals surface area contributed by atoms with Crippen LogP contribution in [0.4, 0.5) is 8.78 Å². The highest BCUT2D eigenvalue weighted by atomic mass is 19.2. The SMILES string of the molecule is CCCCC1CCC(C(C)Cc2ccc(-c3ccc(F)c(F)c3)cc2)CC1. The van der Waals surface area contributed by atoms with Gasteiger partial charge >= 0.3 is 0 Å². The van der Waals surface area contributed by atoms with Crippen molar-refractivity contribution in [2.24, 2.45) is 17.8 Å². The van der Waals surface area contributed by atoms with Gasteiger partial charge < -0.3 is 0 Å². The van der Waals surface area contributed by atoms with Gasteiger partial charge in [0.25, 0.3) is 0 Å². The summed E-state index contributed by atoms with van der Waals surface area (Å²) < 4.78 is 26.6. The molecular formula is C25H32F2. The Kier molecular flexibility index (Phi) is 7.04. The molecule has 0 bridgehead atoms. The average Bonchev–Trinajstić information content (AvgIpc) is 2.69. The Hall–Kier alpha value is -1.70. The Bertz CT molecular complexity index is 712. The summed E-state index contributed by atoms with van der Waals surface area (Å²) in [5.74, 6) is 0.914. The Balaban J connectivity index is 1.54. The molecule has 27 heavy (non-hydrogen) atoms. The Labute approximate surface area is 163 Å². The molecule has 1 atom stereocenters. The maximum absolute atomic E-state index is 13.4. The minimum Gasteiger partial charge on any atom is -0.204 e. The molecule has 0 amide bonds. The van der Waals surface area contributed by atoms with Crippen molar-refractivity contribution in [3.05, 3.63) is 59.7 Å². The summed E-state index contributed by atoms with van der Waals surface area (Å²) in [4.78, 5) is 0. The van der Waals surface area contributed by atoms with Crippen LogP contribution >= 0.6 is 0 Å². The van der Waals surface area contributed by atoms with E-state index in [2.05, 4.69) is 26.0 Å². The van der Waals surface area contributed by atoms with E-state index in [1.54, 1.807) is 6.07 Å². The van der Waals surface area contributed by atoms with Gasteiger partial charge in [0.2, 0.25) is 0 Å². The largest absolute Gasteiger partial charge is 0.204 e. The first-order valence-electron chi connectivity index (χ1n) is 10.6. The van der Waals surface area contributed by atoms with Crippen molar-refractivity contribution >= 4 is 0 Å². The van der Waals surface area contributed by atoms with E-state index in [1.165, 1.54) is 62.6 Å². The van der Waals surface area contributed by atoms with Crippen molar-refractivity contribution in [3.8, 4) is 11.1 Å². The molecule has 0 nitrogen and oxygen atoms in total. The quantitative estimate of drug-likeness (QED) is 0.466. The number of benzene rings is 2. The normalized spacial score (nSPS) is 21.2. The zero-order valence-electron chi connectivity index (χ0n) is 16.7. The van der Waals surface area contributed by atoms with Crippen LogP contribution in [0, 0.1) is 29.4 Å². The summed E-state index contributed by atoms with van der Waals surface area (Å²) in [6.07, 6.45) is 10.8. The minimum atomic E-state index is -0.798. The molecule has 1 fully saturated rings. The topological polar surface area (TPSA) is 0 Å². The van der Waals surface area contributed by atoms with Crippen molar-refractivity contribution in [2.75, 3.05) is 0 Å². The molecule has 1 unspecified atom stereocenters. The average molecular weight is 371 g/mol. The summed E-state index contributed by atoms with van der Waals surface area (Å²) in [6, 6.07) is 12.4. The highest BCUT2D eigenvalue weighted by molar-refractivity contribution is 5.63. The molecule has 0 heterocycles. The standard InChI is InChI=1S/C25H32F2/c1-3-4-5-19-6-10-21(11-7-19)18(2)16-20-8-12-22(13-9-20)23-14-15-24(26)25(27)17-23/h8-9,12-15,17-19,21H,3-7,10-11,16H2,1-2H3. The lowest BCUT2D eigenvalue weighted by Gasteiger charge is -2.32. The summed E-state index contributed by atoms with van der Waals surface area (Å²) >= 11 is 0. The second-order valence-electron chi connectivity index (χ2n) is 8.43. The lowest BCUT2D eigenvalue weighted by Crippen LogP contribution is -2.21. The third kappa shape index (κ3) is 5.40. The highest BCUT2D eigenvalue weighted by Gasteiger charge is 2.25. The molecule has 2 aromatic rings. The van der Waals surface area contributed by atoms with E-state index < -0.39 is 11.6 Å². The van der Waals surface area contributed by atoms with Gasteiger partial charge in [-0.25, -0.2) is 8.78 Å². The molecule has 0 aliphatic heterocycles. The molecule has 0 radical (unpaired) electrons. The molecular weight excluding hydrogens is 338 g/mol. The Morgan fingerprint density at radius 1 is 0.889 bits per heavy atom. The Morgan fingerprint density at radius 3 is 2.19 bits per heavy atom. The monoisotopic (exact) mass is 370 g/mol. The molecule has 146 valence electrons. The zero-order chi connectivity index (χ0) is 19.2. The van der Waals surface area contributed by atoms with Crippen molar-refractivity contribution in [3.63, 3.8) is 0 Å². The van der Waals surface area contributed by atoms with Gasteiger partial charge in [-0.1, -0.05) is 76.3 Å². The van der Waals surface area contributed by atoms with Gasteiger partial charge in [-0.15, -0.1) is 0 Å². The van der Waals surface area contributed by atoms with Crippen LogP contribution in [0.1, 0.15) is 64.4 Å². The molecule has 0 aromatic heterocycles. The second kappa shape index (κ2) is 9.48. The van der Waals surface area contributed by atoms with E-state index in [9.17, 15) is 8.78 Å². The highest BCUT2D eigenvalue weighted by Crippen LogP contribution is 2.37. The van der Waals surface area contributed by atoms with E-state index in [1.807, 2.05) is 12.1 Å². The van der Waals surface area contributed by atoms with Gasteiger partial charge in [0.05, 0.1) is 0 Å². The smallest absolute Gasteiger partial charge is 0.159 e. The lowest BCUT2D eigenvalue weighted by atomic mass is 9.73. The van der Waals surface area contributed by atoms with Crippen LogP contribution in [-0.4, -0.2) is 0 Å². The van der Waals surface area contributed by atoms with Crippen LogP contribution in [0.2, 0.25) is 0 Å². The van der Waals surface area contributed by atoms with Gasteiger partial charge in [-0.2, -0.15) is 0 Å². The minimum absolute atomic E-state index is 0.700. The summed E-state index contributed by atoms with van der Waals surface area (Å²) in [6.45, 7) is 4.67. The number of halogens is 2. The number of hydrogen-bond donors (Lipinski definition) is 0. The van der Waals surface area contributed by atoms with Gasteiger partial charge in [0.15, 0.2) is 11.6 Å². The van der Waals surface area contributed by atoms with E-state index >= 15 is 0 Å². The van der Waals surface area contributed by atoms with Crippen LogP contribution in [0.5, 0.6) is 0 Å². The molecule has 2 heteroatoms. The summed E-state index contributed by atoms with van der Waals surface area (Å²) in [5, 5.41) is 0. The van der Waals surface area contributed by atoms with Gasteiger partial charge in [0.1, 0.15) is 0 Å². The second-order valence-corrected chi connectivity index (χ2v) is 8.43. The number of hydrogen-bond acceptors (Lipinski definition) is 0. The van der Waals surface area contributed by atoms with Gasteiger partial charge in [0, 0.05) is 0 Å². The molecule has 3 rings (SSSR count). The maximum Gasteiger partial charge on any atom is 0.159 e. The zero-order valence-corrected chi connectivity index (χ0v) is 16.7.